The molecule has 0 radical (unpaired) electrons. The molecule has 3 rings (SSSR count). The predicted molar refractivity (Wildman–Crippen MR) is 79.7 cm³/mol. The predicted octanol–water partition coefficient (Wildman–Crippen LogP) is 0.930. The third kappa shape index (κ3) is 3.06. The third-order valence-corrected chi connectivity index (χ3v) is 3.71. The highest BCUT2D eigenvalue weighted by atomic mass is 35.5. The van der Waals surface area contributed by atoms with Gasteiger partial charge in [-0.15, -0.1) is 12.4 Å². The summed E-state index contributed by atoms with van der Waals surface area (Å²) in [5.74, 6) is -0.833. The lowest BCUT2D eigenvalue weighted by Gasteiger charge is -2.21. The number of halogens is 1. The Morgan fingerprint density at radius 3 is 2.48 bits per heavy atom. The number of hydrogen-bond acceptors (Lipinski definition) is 4. The van der Waals surface area contributed by atoms with Crippen LogP contribution in [0.15, 0.2) is 18.2 Å². The number of benzene rings is 1. The number of rotatable bonds is 2. The van der Waals surface area contributed by atoms with Gasteiger partial charge in [0, 0.05) is 11.6 Å². The molecule has 0 aliphatic carbocycles. The van der Waals surface area contributed by atoms with Gasteiger partial charge in [0.1, 0.15) is 0 Å². The molecule has 0 bridgehead atoms. The standard InChI is InChI=1S/C14H15N3O3.ClH/c18-12(8-3-5-15-6-4-8)16-9-1-2-10-11(7-9)14(20)17-13(10)19;/h1-2,7-8,15H,3-6H2,(H,16,18)(H,17,19,20);1H. The van der Waals surface area contributed by atoms with Gasteiger partial charge in [-0.3, -0.25) is 19.7 Å². The molecular weight excluding hydrogens is 294 g/mol. The first-order chi connectivity index (χ1) is 9.65. The molecule has 21 heavy (non-hydrogen) atoms. The lowest BCUT2D eigenvalue weighted by atomic mass is 9.97. The number of carbonyl (C=O) groups is 3. The highest BCUT2D eigenvalue weighted by Crippen LogP contribution is 2.21. The van der Waals surface area contributed by atoms with Crippen molar-refractivity contribution in [3.63, 3.8) is 0 Å². The van der Waals surface area contributed by atoms with Crippen molar-refractivity contribution < 1.29 is 14.4 Å². The quantitative estimate of drug-likeness (QED) is 0.709. The van der Waals surface area contributed by atoms with E-state index in [1.807, 2.05) is 0 Å². The maximum Gasteiger partial charge on any atom is 0.259 e. The smallest absolute Gasteiger partial charge is 0.259 e. The fourth-order valence-corrected chi connectivity index (χ4v) is 2.57. The maximum atomic E-state index is 12.1. The number of amides is 3. The first kappa shape index (κ1) is 15.5. The van der Waals surface area contributed by atoms with Crippen molar-refractivity contribution in [1.29, 1.82) is 0 Å². The summed E-state index contributed by atoms with van der Waals surface area (Å²) in [6.45, 7) is 1.69. The van der Waals surface area contributed by atoms with E-state index in [4.69, 9.17) is 0 Å². The van der Waals surface area contributed by atoms with Crippen LogP contribution in [-0.4, -0.2) is 30.8 Å². The normalized spacial score (nSPS) is 17.7. The van der Waals surface area contributed by atoms with Crippen LogP contribution in [0.1, 0.15) is 33.6 Å². The Balaban J connectivity index is 0.00000161. The average molecular weight is 310 g/mol. The molecule has 1 saturated heterocycles. The van der Waals surface area contributed by atoms with E-state index in [-0.39, 0.29) is 30.1 Å². The second-order valence-corrected chi connectivity index (χ2v) is 5.06. The number of anilines is 1. The Labute approximate surface area is 128 Å². The van der Waals surface area contributed by atoms with Gasteiger partial charge < -0.3 is 10.6 Å². The number of fused-ring (bicyclic) bond motifs is 1. The fourth-order valence-electron chi connectivity index (χ4n) is 2.57. The number of carbonyl (C=O) groups excluding carboxylic acids is 3. The van der Waals surface area contributed by atoms with E-state index in [1.54, 1.807) is 18.2 Å². The van der Waals surface area contributed by atoms with Crippen molar-refractivity contribution in [3.05, 3.63) is 29.3 Å². The van der Waals surface area contributed by atoms with E-state index in [0.29, 0.717) is 16.8 Å². The molecule has 1 aromatic carbocycles. The second-order valence-electron chi connectivity index (χ2n) is 5.06. The van der Waals surface area contributed by atoms with Crippen molar-refractivity contribution in [2.24, 2.45) is 5.92 Å². The van der Waals surface area contributed by atoms with Crippen LogP contribution in [0.4, 0.5) is 5.69 Å². The maximum absolute atomic E-state index is 12.1. The largest absolute Gasteiger partial charge is 0.326 e. The Kier molecular flexibility index (Phi) is 4.59. The lowest BCUT2D eigenvalue weighted by Crippen LogP contribution is -2.34. The average Bonchev–Trinajstić information content (AvgIpc) is 2.75. The summed E-state index contributed by atoms with van der Waals surface area (Å²) >= 11 is 0. The number of imide groups is 1. The Morgan fingerprint density at radius 1 is 1.10 bits per heavy atom. The molecule has 112 valence electrons. The topological polar surface area (TPSA) is 87.3 Å². The molecule has 0 unspecified atom stereocenters. The Hall–Kier alpha value is -1.92. The highest BCUT2D eigenvalue weighted by Gasteiger charge is 2.27. The van der Waals surface area contributed by atoms with Crippen molar-refractivity contribution in [1.82, 2.24) is 10.6 Å². The van der Waals surface area contributed by atoms with Crippen LogP contribution >= 0.6 is 12.4 Å². The van der Waals surface area contributed by atoms with Gasteiger partial charge in [0.15, 0.2) is 0 Å². The summed E-state index contributed by atoms with van der Waals surface area (Å²) in [4.78, 5) is 35.1. The van der Waals surface area contributed by atoms with Crippen molar-refractivity contribution in [2.75, 3.05) is 18.4 Å². The minimum atomic E-state index is -0.414. The Bertz CT molecular complexity index is 597. The first-order valence-electron chi connectivity index (χ1n) is 6.66. The molecule has 2 heterocycles. The fraction of sp³-hybridized carbons (Fsp3) is 0.357. The number of hydrogen-bond donors (Lipinski definition) is 3. The summed E-state index contributed by atoms with van der Waals surface area (Å²) in [7, 11) is 0. The molecule has 1 aromatic rings. The van der Waals surface area contributed by atoms with E-state index < -0.39 is 5.91 Å². The zero-order chi connectivity index (χ0) is 14.1. The first-order valence-corrected chi connectivity index (χ1v) is 6.66. The molecular formula is C14H16ClN3O3. The zero-order valence-electron chi connectivity index (χ0n) is 11.3. The Morgan fingerprint density at radius 2 is 1.76 bits per heavy atom. The molecule has 0 spiro atoms. The molecule has 3 amide bonds. The number of piperidine rings is 1. The molecule has 0 atom stereocenters. The highest BCUT2D eigenvalue weighted by molar-refractivity contribution is 6.22. The van der Waals surface area contributed by atoms with Crippen molar-refractivity contribution >= 4 is 35.8 Å². The van der Waals surface area contributed by atoms with Gasteiger partial charge >= 0.3 is 0 Å². The van der Waals surface area contributed by atoms with Crippen LogP contribution in [0.3, 0.4) is 0 Å². The molecule has 2 aliphatic rings. The molecule has 0 aromatic heterocycles. The second kappa shape index (κ2) is 6.24. The van der Waals surface area contributed by atoms with Gasteiger partial charge in [-0.1, -0.05) is 0 Å². The van der Waals surface area contributed by atoms with Crippen LogP contribution in [0.5, 0.6) is 0 Å². The summed E-state index contributed by atoms with van der Waals surface area (Å²) in [5, 5.41) is 8.25. The molecule has 6 nitrogen and oxygen atoms in total. The van der Waals surface area contributed by atoms with Gasteiger partial charge in [-0.05, 0) is 44.1 Å². The molecule has 7 heteroatoms. The monoisotopic (exact) mass is 309 g/mol. The van der Waals surface area contributed by atoms with Crippen LogP contribution < -0.4 is 16.0 Å². The SMILES string of the molecule is Cl.O=C1NC(=O)c2cc(NC(=O)C3CCNCC3)ccc21. The number of nitrogens with one attached hydrogen (secondary N) is 3. The van der Waals surface area contributed by atoms with Gasteiger partial charge in [0.05, 0.1) is 11.1 Å². The van der Waals surface area contributed by atoms with E-state index in [9.17, 15) is 14.4 Å². The van der Waals surface area contributed by atoms with Gasteiger partial charge in [-0.25, -0.2) is 0 Å². The van der Waals surface area contributed by atoms with Gasteiger partial charge in [0.25, 0.3) is 11.8 Å². The minimum absolute atomic E-state index is 0. The molecule has 2 aliphatic heterocycles. The van der Waals surface area contributed by atoms with E-state index in [1.165, 1.54) is 0 Å². The van der Waals surface area contributed by atoms with E-state index in [0.717, 1.165) is 25.9 Å². The molecule has 0 saturated carbocycles. The molecule has 1 fully saturated rings. The summed E-state index contributed by atoms with van der Waals surface area (Å²) < 4.78 is 0. The molecule has 3 N–H and O–H groups in total. The van der Waals surface area contributed by atoms with Crippen LogP contribution in [0.2, 0.25) is 0 Å². The summed E-state index contributed by atoms with van der Waals surface area (Å²) in [6.07, 6.45) is 1.63. The minimum Gasteiger partial charge on any atom is -0.326 e. The van der Waals surface area contributed by atoms with Crippen molar-refractivity contribution in [3.8, 4) is 0 Å². The van der Waals surface area contributed by atoms with Gasteiger partial charge in [0.2, 0.25) is 5.91 Å². The third-order valence-electron chi connectivity index (χ3n) is 3.71. The summed E-state index contributed by atoms with van der Waals surface area (Å²) in [5.41, 5.74) is 1.23. The van der Waals surface area contributed by atoms with E-state index in [2.05, 4.69) is 16.0 Å². The zero-order valence-corrected chi connectivity index (χ0v) is 12.1. The van der Waals surface area contributed by atoms with Crippen LogP contribution in [0, 0.1) is 5.92 Å². The van der Waals surface area contributed by atoms with Crippen LogP contribution in [-0.2, 0) is 4.79 Å². The van der Waals surface area contributed by atoms with E-state index >= 15 is 0 Å². The van der Waals surface area contributed by atoms with Crippen LogP contribution in [0.25, 0.3) is 0 Å². The lowest BCUT2D eigenvalue weighted by molar-refractivity contribution is -0.120. The van der Waals surface area contributed by atoms with Crippen molar-refractivity contribution in [2.45, 2.75) is 12.8 Å². The summed E-state index contributed by atoms with van der Waals surface area (Å²) in [6, 6.07) is 4.76. The van der Waals surface area contributed by atoms with Gasteiger partial charge in [-0.2, -0.15) is 0 Å².